The number of carbonyl (C=O) groups is 2. The molecule has 2 amide bonds. The molecule has 0 radical (unpaired) electrons. The van der Waals surface area contributed by atoms with Crippen molar-refractivity contribution in [1.29, 1.82) is 0 Å². The third-order valence-corrected chi connectivity index (χ3v) is 6.67. The molecule has 0 heterocycles. The van der Waals surface area contributed by atoms with Crippen LogP contribution in [0.2, 0.25) is 5.02 Å². The Balaban J connectivity index is 2.45. The van der Waals surface area contributed by atoms with E-state index in [2.05, 4.69) is 5.32 Å². The molecule has 0 aliphatic rings. The molecule has 0 aliphatic heterocycles. The lowest BCUT2D eigenvalue weighted by Crippen LogP contribution is -2.52. The van der Waals surface area contributed by atoms with Gasteiger partial charge in [0.25, 0.3) is 0 Å². The first-order chi connectivity index (χ1) is 16.1. The second kappa shape index (κ2) is 12.6. The van der Waals surface area contributed by atoms with E-state index < -0.39 is 28.5 Å². The Morgan fingerprint density at radius 3 is 2.41 bits per heavy atom. The van der Waals surface area contributed by atoms with Crippen molar-refractivity contribution in [3.63, 3.8) is 0 Å². The van der Waals surface area contributed by atoms with Gasteiger partial charge < -0.3 is 15.0 Å². The Labute approximate surface area is 206 Å². The number of rotatable bonds is 12. The van der Waals surface area contributed by atoms with E-state index in [1.54, 1.807) is 43.5 Å². The Bertz CT molecular complexity index is 1090. The van der Waals surface area contributed by atoms with Crippen LogP contribution in [0.3, 0.4) is 0 Å². The minimum absolute atomic E-state index is 0.105. The fourth-order valence-corrected chi connectivity index (χ4v) is 4.65. The lowest BCUT2D eigenvalue weighted by Gasteiger charge is -2.33. The van der Waals surface area contributed by atoms with Gasteiger partial charge in [-0.05, 0) is 42.7 Å². The number of methoxy groups -OCH3 is 1. The SMILES string of the molecule is CCCNC(=O)C(CC)N(Cc1cccc(OC)c1)C(=O)CN(c1ccccc1Cl)S(C)(=O)=O. The molecule has 0 bridgehead atoms. The maximum atomic E-state index is 13.6. The van der Waals surface area contributed by atoms with Crippen molar-refractivity contribution in [2.24, 2.45) is 0 Å². The van der Waals surface area contributed by atoms with Gasteiger partial charge in [-0.2, -0.15) is 0 Å². The largest absolute Gasteiger partial charge is 0.497 e. The number of hydrogen-bond acceptors (Lipinski definition) is 5. The monoisotopic (exact) mass is 509 g/mol. The van der Waals surface area contributed by atoms with Crippen LogP contribution in [0.1, 0.15) is 32.3 Å². The number of nitrogens with zero attached hydrogens (tertiary/aromatic N) is 2. The fourth-order valence-electron chi connectivity index (χ4n) is 3.50. The minimum Gasteiger partial charge on any atom is -0.497 e. The number of halogens is 1. The number of ether oxygens (including phenoxy) is 1. The van der Waals surface area contributed by atoms with Crippen molar-refractivity contribution in [2.45, 2.75) is 39.3 Å². The summed E-state index contributed by atoms with van der Waals surface area (Å²) in [6.07, 6.45) is 2.12. The summed E-state index contributed by atoms with van der Waals surface area (Å²) in [6.45, 7) is 3.84. The molecule has 1 unspecified atom stereocenters. The van der Waals surface area contributed by atoms with E-state index in [-0.39, 0.29) is 23.2 Å². The summed E-state index contributed by atoms with van der Waals surface area (Å²) in [6, 6.07) is 12.8. The average molecular weight is 510 g/mol. The third-order valence-electron chi connectivity index (χ3n) is 5.22. The van der Waals surface area contributed by atoms with E-state index in [1.165, 1.54) is 11.0 Å². The minimum atomic E-state index is -3.84. The summed E-state index contributed by atoms with van der Waals surface area (Å²) in [5, 5.41) is 3.04. The van der Waals surface area contributed by atoms with Crippen molar-refractivity contribution < 1.29 is 22.7 Å². The molecule has 2 aromatic carbocycles. The first-order valence-electron chi connectivity index (χ1n) is 11.0. The summed E-state index contributed by atoms with van der Waals surface area (Å²) < 4.78 is 31.4. The third kappa shape index (κ3) is 7.36. The van der Waals surface area contributed by atoms with Gasteiger partial charge in [-0.25, -0.2) is 8.42 Å². The number of amides is 2. The van der Waals surface area contributed by atoms with Gasteiger partial charge in [-0.3, -0.25) is 13.9 Å². The normalized spacial score (nSPS) is 12.0. The Morgan fingerprint density at radius 2 is 1.82 bits per heavy atom. The van der Waals surface area contributed by atoms with E-state index in [9.17, 15) is 18.0 Å². The molecule has 186 valence electrons. The molecule has 0 fully saturated rings. The van der Waals surface area contributed by atoms with Gasteiger partial charge in [-0.15, -0.1) is 0 Å². The molecule has 0 aromatic heterocycles. The molecule has 2 aromatic rings. The zero-order chi connectivity index (χ0) is 25.3. The Hall–Kier alpha value is -2.78. The number of para-hydroxylation sites is 1. The lowest BCUT2D eigenvalue weighted by atomic mass is 10.1. The van der Waals surface area contributed by atoms with Crippen molar-refractivity contribution in [1.82, 2.24) is 10.2 Å². The molecule has 0 spiro atoms. The predicted molar refractivity (Wildman–Crippen MR) is 135 cm³/mol. The van der Waals surface area contributed by atoms with Gasteiger partial charge in [0.1, 0.15) is 18.3 Å². The van der Waals surface area contributed by atoms with Crippen molar-refractivity contribution in [3.05, 3.63) is 59.1 Å². The average Bonchev–Trinajstić information content (AvgIpc) is 2.80. The molecule has 0 saturated carbocycles. The van der Waals surface area contributed by atoms with E-state index in [0.29, 0.717) is 18.7 Å². The maximum absolute atomic E-state index is 13.6. The highest BCUT2D eigenvalue weighted by atomic mass is 35.5. The maximum Gasteiger partial charge on any atom is 0.244 e. The standard InChI is InChI=1S/C24H32ClN3O5S/c1-5-14-26-24(30)21(6-2)27(16-18-10-9-11-19(15-18)33-3)23(29)17-28(34(4,31)32)22-13-8-7-12-20(22)25/h7-13,15,21H,5-6,14,16-17H2,1-4H3,(H,26,30). The van der Waals surface area contributed by atoms with E-state index >= 15 is 0 Å². The fraction of sp³-hybridized carbons (Fsp3) is 0.417. The van der Waals surface area contributed by atoms with Gasteiger partial charge in [-0.1, -0.05) is 49.7 Å². The van der Waals surface area contributed by atoms with Gasteiger partial charge >= 0.3 is 0 Å². The topological polar surface area (TPSA) is 96.0 Å². The molecule has 1 N–H and O–H groups in total. The first kappa shape index (κ1) is 27.5. The van der Waals surface area contributed by atoms with E-state index in [0.717, 1.165) is 22.5 Å². The number of benzene rings is 2. The lowest BCUT2D eigenvalue weighted by molar-refractivity contribution is -0.140. The highest BCUT2D eigenvalue weighted by Gasteiger charge is 2.32. The van der Waals surface area contributed by atoms with Gasteiger partial charge in [0.15, 0.2) is 0 Å². The van der Waals surface area contributed by atoms with Crippen LogP contribution in [0.15, 0.2) is 48.5 Å². The smallest absolute Gasteiger partial charge is 0.244 e. The summed E-state index contributed by atoms with van der Waals surface area (Å²) in [4.78, 5) is 27.9. The summed E-state index contributed by atoms with van der Waals surface area (Å²) >= 11 is 6.24. The van der Waals surface area contributed by atoms with Gasteiger partial charge in [0, 0.05) is 13.1 Å². The molecule has 34 heavy (non-hydrogen) atoms. The molecule has 2 rings (SSSR count). The van der Waals surface area contributed by atoms with E-state index in [4.69, 9.17) is 16.3 Å². The number of nitrogens with one attached hydrogen (secondary N) is 1. The number of carbonyl (C=O) groups excluding carboxylic acids is 2. The predicted octanol–water partition coefficient (Wildman–Crippen LogP) is 3.45. The molecule has 10 heteroatoms. The van der Waals surface area contributed by atoms with Crippen LogP contribution in [0, 0.1) is 0 Å². The second-order valence-corrected chi connectivity index (χ2v) is 10.1. The zero-order valence-corrected chi connectivity index (χ0v) is 21.5. The van der Waals surface area contributed by atoms with Crippen LogP contribution in [-0.4, -0.2) is 57.6 Å². The first-order valence-corrected chi connectivity index (χ1v) is 13.3. The van der Waals surface area contributed by atoms with Crippen LogP contribution in [0.25, 0.3) is 0 Å². The van der Waals surface area contributed by atoms with Crippen LogP contribution in [0.4, 0.5) is 5.69 Å². The van der Waals surface area contributed by atoms with Crippen LogP contribution < -0.4 is 14.4 Å². The Kier molecular flexibility index (Phi) is 10.2. The number of sulfonamides is 1. The molecule has 8 nitrogen and oxygen atoms in total. The summed E-state index contributed by atoms with van der Waals surface area (Å²) in [7, 11) is -2.29. The highest BCUT2D eigenvalue weighted by Crippen LogP contribution is 2.27. The summed E-state index contributed by atoms with van der Waals surface area (Å²) in [5.74, 6) is -0.196. The van der Waals surface area contributed by atoms with E-state index in [1.807, 2.05) is 19.9 Å². The highest BCUT2D eigenvalue weighted by molar-refractivity contribution is 7.92. The molecule has 0 saturated heterocycles. The van der Waals surface area contributed by atoms with Crippen LogP contribution >= 0.6 is 11.6 Å². The van der Waals surface area contributed by atoms with Crippen molar-refractivity contribution >= 4 is 39.1 Å². The quantitative estimate of drug-likeness (QED) is 0.472. The molecule has 1 atom stereocenters. The van der Waals surface area contributed by atoms with Crippen LogP contribution in [-0.2, 0) is 26.2 Å². The van der Waals surface area contributed by atoms with Crippen LogP contribution in [0.5, 0.6) is 5.75 Å². The van der Waals surface area contributed by atoms with Crippen molar-refractivity contribution in [3.8, 4) is 5.75 Å². The van der Waals surface area contributed by atoms with Gasteiger partial charge in [0.05, 0.1) is 24.1 Å². The number of anilines is 1. The molecular weight excluding hydrogens is 478 g/mol. The Morgan fingerprint density at radius 1 is 1.12 bits per heavy atom. The van der Waals surface area contributed by atoms with Crippen molar-refractivity contribution in [2.75, 3.05) is 30.8 Å². The molecule has 0 aliphatic carbocycles. The second-order valence-electron chi connectivity index (χ2n) is 7.81. The molecular formula is C24H32ClN3O5S. The number of hydrogen-bond donors (Lipinski definition) is 1. The zero-order valence-electron chi connectivity index (χ0n) is 20.0. The summed E-state index contributed by atoms with van der Waals surface area (Å²) in [5.41, 5.74) is 0.947. The van der Waals surface area contributed by atoms with Gasteiger partial charge in [0.2, 0.25) is 21.8 Å².